The molecular formula is C17H23NO3. The van der Waals surface area contributed by atoms with E-state index >= 15 is 0 Å². The highest BCUT2D eigenvalue weighted by molar-refractivity contribution is 5.79. The molecule has 1 aromatic rings. The minimum absolute atomic E-state index is 0.0519. The highest BCUT2D eigenvalue weighted by Gasteiger charge is 2.34. The summed E-state index contributed by atoms with van der Waals surface area (Å²) < 4.78 is 11.3. The number of amides is 1. The van der Waals surface area contributed by atoms with Crippen molar-refractivity contribution in [3.63, 3.8) is 0 Å². The van der Waals surface area contributed by atoms with E-state index in [4.69, 9.17) is 9.47 Å². The second-order valence-corrected chi connectivity index (χ2v) is 5.87. The molecule has 0 radical (unpaired) electrons. The van der Waals surface area contributed by atoms with Gasteiger partial charge >= 0.3 is 0 Å². The fourth-order valence-corrected chi connectivity index (χ4v) is 3.18. The average molecular weight is 289 g/mol. The van der Waals surface area contributed by atoms with Crippen molar-refractivity contribution in [3.8, 4) is 5.75 Å². The molecule has 1 aromatic carbocycles. The number of rotatable bonds is 4. The molecule has 21 heavy (non-hydrogen) atoms. The first-order chi connectivity index (χ1) is 10.3. The van der Waals surface area contributed by atoms with Gasteiger partial charge in [-0.2, -0.15) is 0 Å². The summed E-state index contributed by atoms with van der Waals surface area (Å²) in [6.07, 6.45) is 4.06. The summed E-state index contributed by atoms with van der Waals surface area (Å²) in [5.41, 5.74) is 0. The van der Waals surface area contributed by atoms with Gasteiger partial charge in [-0.05, 0) is 37.8 Å². The number of carbonyl (C=O) groups is 1. The Hall–Kier alpha value is -1.55. The molecule has 4 nitrogen and oxygen atoms in total. The predicted octanol–water partition coefficient (Wildman–Crippen LogP) is 2.48. The quantitative estimate of drug-likeness (QED) is 0.855. The molecule has 0 unspecified atom stereocenters. The number of nitrogens with zero attached hydrogens (tertiary/aromatic N) is 1. The van der Waals surface area contributed by atoms with Gasteiger partial charge < -0.3 is 14.4 Å². The lowest BCUT2D eigenvalue weighted by molar-refractivity contribution is -0.141. The van der Waals surface area contributed by atoms with Crippen molar-refractivity contribution in [1.82, 2.24) is 4.90 Å². The van der Waals surface area contributed by atoms with Crippen LogP contribution in [0.3, 0.4) is 0 Å². The molecule has 2 aliphatic rings. The van der Waals surface area contributed by atoms with Gasteiger partial charge in [0.15, 0.2) is 0 Å². The van der Waals surface area contributed by atoms with Crippen molar-refractivity contribution in [1.29, 1.82) is 0 Å². The fraction of sp³-hybridized carbons (Fsp3) is 0.588. The van der Waals surface area contributed by atoms with E-state index in [1.54, 1.807) is 0 Å². The number of hydrogen-bond acceptors (Lipinski definition) is 3. The molecular weight excluding hydrogens is 266 g/mol. The minimum Gasteiger partial charge on any atom is -0.491 e. The molecule has 1 amide bonds. The number of benzene rings is 1. The van der Waals surface area contributed by atoms with E-state index in [0.717, 1.165) is 44.6 Å². The Labute approximate surface area is 126 Å². The number of carbonyl (C=O) groups excluding carboxylic acids is 1. The van der Waals surface area contributed by atoms with Gasteiger partial charge in [0.25, 0.3) is 0 Å². The van der Waals surface area contributed by atoms with Crippen LogP contribution in [-0.4, -0.2) is 43.2 Å². The van der Waals surface area contributed by atoms with Crippen LogP contribution in [0.2, 0.25) is 0 Å². The van der Waals surface area contributed by atoms with Gasteiger partial charge in [-0.25, -0.2) is 0 Å². The number of para-hydroxylation sites is 1. The molecule has 0 aliphatic carbocycles. The van der Waals surface area contributed by atoms with Crippen LogP contribution in [-0.2, 0) is 9.53 Å². The van der Waals surface area contributed by atoms with E-state index in [1.807, 2.05) is 35.2 Å². The summed E-state index contributed by atoms with van der Waals surface area (Å²) in [6.45, 7) is 2.83. The van der Waals surface area contributed by atoms with Crippen molar-refractivity contribution < 1.29 is 14.3 Å². The first-order valence-corrected chi connectivity index (χ1v) is 7.90. The van der Waals surface area contributed by atoms with Crippen LogP contribution in [0.25, 0.3) is 0 Å². The van der Waals surface area contributed by atoms with E-state index in [2.05, 4.69) is 0 Å². The van der Waals surface area contributed by atoms with Gasteiger partial charge in [-0.3, -0.25) is 4.79 Å². The van der Waals surface area contributed by atoms with Crippen LogP contribution >= 0.6 is 0 Å². The predicted molar refractivity (Wildman–Crippen MR) is 80.2 cm³/mol. The molecule has 2 heterocycles. The Bertz CT molecular complexity index is 456. The second-order valence-electron chi connectivity index (χ2n) is 5.87. The van der Waals surface area contributed by atoms with Crippen LogP contribution in [0.4, 0.5) is 0 Å². The molecule has 2 atom stereocenters. The van der Waals surface area contributed by atoms with Crippen molar-refractivity contribution in [2.24, 2.45) is 5.92 Å². The first kappa shape index (κ1) is 14.4. The molecule has 3 rings (SSSR count). The Morgan fingerprint density at radius 3 is 2.86 bits per heavy atom. The minimum atomic E-state index is 0.0519. The maximum absolute atomic E-state index is 12.6. The van der Waals surface area contributed by atoms with E-state index in [9.17, 15) is 4.79 Å². The first-order valence-electron chi connectivity index (χ1n) is 7.90. The van der Waals surface area contributed by atoms with Gasteiger partial charge in [0.1, 0.15) is 12.4 Å². The van der Waals surface area contributed by atoms with Crippen LogP contribution in [0.1, 0.15) is 25.7 Å². The lowest BCUT2D eigenvalue weighted by Gasteiger charge is -2.30. The van der Waals surface area contributed by atoms with Crippen LogP contribution < -0.4 is 4.74 Å². The van der Waals surface area contributed by atoms with Gasteiger partial charge in [-0.1, -0.05) is 18.2 Å². The normalized spacial score (nSPS) is 25.8. The molecule has 2 saturated heterocycles. The van der Waals surface area contributed by atoms with E-state index in [1.165, 1.54) is 0 Å². The Morgan fingerprint density at radius 2 is 2.10 bits per heavy atom. The highest BCUT2D eigenvalue weighted by Crippen LogP contribution is 2.24. The molecule has 0 bridgehead atoms. The summed E-state index contributed by atoms with van der Waals surface area (Å²) in [5, 5.41) is 0. The van der Waals surface area contributed by atoms with Crippen LogP contribution in [0.15, 0.2) is 30.3 Å². The maximum Gasteiger partial charge on any atom is 0.228 e. The molecule has 0 saturated carbocycles. The second kappa shape index (κ2) is 6.94. The summed E-state index contributed by atoms with van der Waals surface area (Å²) in [6, 6.07) is 10.0. The standard InChI is InChI=1S/C17H23NO3/c19-17(14-6-5-11-20-12-14)18-10-4-7-15(18)13-21-16-8-2-1-3-9-16/h1-3,8-9,14-15H,4-7,10-13H2/t14-,15+/m1/s1. The van der Waals surface area contributed by atoms with E-state index < -0.39 is 0 Å². The van der Waals surface area contributed by atoms with Gasteiger partial charge in [0, 0.05) is 13.2 Å². The monoisotopic (exact) mass is 289 g/mol. The summed E-state index contributed by atoms with van der Waals surface area (Å²) >= 11 is 0. The van der Waals surface area contributed by atoms with E-state index in [-0.39, 0.29) is 17.9 Å². The zero-order chi connectivity index (χ0) is 14.5. The van der Waals surface area contributed by atoms with Crippen molar-refractivity contribution >= 4 is 5.91 Å². The van der Waals surface area contributed by atoms with Crippen LogP contribution in [0.5, 0.6) is 5.75 Å². The molecule has 0 spiro atoms. The molecule has 0 aromatic heterocycles. The third-order valence-corrected chi connectivity index (χ3v) is 4.36. The van der Waals surface area contributed by atoms with Gasteiger partial charge in [-0.15, -0.1) is 0 Å². The summed E-state index contributed by atoms with van der Waals surface area (Å²) in [5.74, 6) is 1.18. The maximum atomic E-state index is 12.6. The van der Waals surface area contributed by atoms with Crippen LogP contribution in [0, 0.1) is 5.92 Å². The molecule has 2 aliphatic heterocycles. The number of ether oxygens (including phenoxy) is 2. The Kier molecular flexibility index (Phi) is 4.76. The zero-order valence-corrected chi connectivity index (χ0v) is 12.4. The van der Waals surface area contributed by atoms with Gasteiger partial charge in [0.2, 0.25) is 5.91 Å². The molecule has 2 fully saturated rings. The summed E-state index contributed by atoms with van der Waals surface area (Å²) in [7, 11) is 0. The Morgan fingerprint density at radius 1 is 1.24 bits per heavy atom. The largest absolute Gasteiger partial charge is 0.491 e. The third-order valence-electron chi connectivity index (χ3n) is 4.36. The number of likely N-dealkylation sites (tertiary alicyclic amines) is 1. The van der Waals surface area contributed by atoms with Crippen molar-refractivity contribution in [2.45, 2.75) is 31.7 Å². The Balaban J connectivity index is 1.56. The SMILES string of the molecule is O=C([C@@H]1CCCOC1)N1CCC[C@H]1COc1ccccc1. The lowest BCUT2D eigenvalue weighted by atomic mass is 10.0. The average Bonchev–Trinajstić information content (AvgIpc) is 3.02. The fourth-order valence-electron chi connectivity index (χ4n) is 3.18. The lowest BCUT2D eigenvalue weighted by Crippen LogP contribution is -2.44. The van der Waals surface area contributed by atoms with E-state index in [0.29, 0.717) is 13.2 Å². The topological polar surface area (TPSA) is 38.8 Å². The number of hydrogen-bond donors (Lipinski definition) is 0. The zero-order valence-electron chi connectivity index (χ0n) is 12.4. The molecule has 4 heteroatoms. The highest BCUT2D eigenvalue weighted by atomic mass is 16.5. The molecule has 114 valence electrons. The third kappa shape index (κ3) is 3.56. The van der Waals surface area contributed by atoms with Crippen molar-refractivity contribution in [3.05, 3.63) is 30.3 Å². The summed E-state index contributed by atoms with van der Waals surface area (Å²) in [4.78, 5) is 14.6. The molecule has 0 N–H and O–H groups in total. The van der Waals surface area contributed by atoms with Crippen molar-refractivity contribution in [2.75, 3.05) is 26.4 Å². The van der Waals surface area contributed by atoms with Gasteiger partial charge in [0.05, 0.1) is 18.6 Å². The smallest absolute Gasteiger partial charge is 0.228 e.